The van der Waals surface area contributed by atoms with Crippen molar-refractivity contribution in [1.82, 2.24) is 15.3 Å². The third kappa shape index (κ3) is 5.46. The molecule has 0 aliphatic carbocycles. The predicted octanol–water partition coefficient (Wildman–Crippen LogP) is 5.07. The van der Waals surface area contributed by atoms with Gasteiger partial charge in [-0.25, -0.2) is 5.01 Å². The van der Waals surface area contributed by atoms with Gasteiger partial charge >= 0.3 is 0 Å². The number of hydrogen-bond donors (Lipinski definition) is 1. The molecule has 0 aromatic heterocycles. The lowest BCUT2D eigenvalue weighted by Gasteiger charge is -2.32. The van der Waals surface area contributed by atoms with Gasteiger partial charge < -0.3 is 4.90 Å². The van der Waals surface area contributed by atoms with Gasteiger partial charge in [0.15, 0.2) is 0 Å². The van der Waals surface area contributed by atoms with Crippen LogP contribution in [0.2, 0.25) is 10.0 Å². The van der Waals surface area contributed by atoms with Crippen LogP contribution in [0.3, 0.4) is 0 Å². The van der Waals surface area contributed by atoms with Gasteiger partial charge in [-0.1, -0.05) is 59.6 Å². The summed E-state index contributed by atoms with van der Waals surface area (Å²) >= 11 is 12.2. The highest BCUT2D eigenvalue weighted by molar-refractivity contribution is 6.30. The molecule has 4 rings (SSSR count). The van der Waals surface area contributed by atoms with Crippen molar-refractivity contribution in [3.05, 3.63) is 105 Å². The van der Waals surface area contributed by atoms with E-state index < -0.39 is 0 Å². The maximum atomic E-state index is 12.9. The second-order valence-electron chi connectivity index (χ2n) is 7.89. The van der Waals surface area contributed by atoms with Crippen LogP contribution in [0.15, 0.2) is 72.8 Å². The zero-order valence-corrected chi connectivity index (χ0v) is 18.9. The Kier molecular flexibility index (Phi) is 6.93. The summed E-state index contributed by atoms with van der Waals surface area (Å²) in [5.74, 6) is -0.122. The maximum Gasteiger partial charge on any atom is 0.265 e. The lowest BCUT2D eigenvalue weighted by Crippen LogP contribution is -2.52. The van der Waals surface area contributed by atoms with E-state index in [0.29, 0.717) is 15.6 Å². The van der Waals surface area contributed by atoms with Crippen molar-refractivity contribution in [1.29, 1.82) is 0 Å². The van der Waals surface area contributed by atoms with Gasteiger partial charge in [0.2, 0.25) is 0 Å². The Bertz CT molecular complexity index is 984. The fourth-order valence-corrected chi connectivity index (χ4v) is 4.13. The Labute approximate surface area is 193 Å². The molecule has 6 heteroatoms. The van der Waals surface area contributed by atoms with Crippen molar-refractivity contribution in [2.45, 2.75) is 5.92 Å². The summed E-state index contributed by atoms with van der Waals surface area (Å²) in [6.07, 6.45) is 0. The first-order valence-electron chi connectivity index (χ1n) is 10.3. The minimum absolute atomic E-state index is 0.0362. The molecular formula is C25H25Cl2N3O. The Balaban J connectivity index is 1.63. The molecule has 1 fully saturated rings. The van der Waals surface area contributed by atoms with Crippen LogP contribution < -0.4 is 5.43 Å². The van der Waals surface area contributed by atoms with Crippen LogP contribution >= 0.6 is 23.2 Å². The summed E-state index contributed by atoms with van der Waals surface area (Å²) in [4.78, 5) is 15.2. The van der Waals surface area contributed by atoms with Crippen LogP contribution in [-0.2, 0) is 0 Å². The largest absolute Gasteiger partial charge is 0.304 e. The van der Waals surface area contributed by atoms with Crippen LogP contribution in [0.1, 0.15) is 33.0 Å². The van der Waals surface area contributed by atoms with Gasteiger partial charge in [0, 0.05) is 47.7 Å². The molecule has 31 heavy (non-hydrogen) atoms. The molecule has 0 unspecified atom stereocenters. The minimum Gasteiger partial charge on any atom is -0.304 e. The summed E-state index contributed by atoms with van der Waals surface area (Å²) in [5, 5.41) is 3.38. The minimum atomic E-state index is -0.0858. The lowest BCUT2D eigenvalue weighted by molar-refractivity contribution is 0.0662. The highest BCUT2D eigenvalue weighted by Gasteiger charge is 2.20. The topological polar surface area (TPSA) is 35.6 Å². The molecule has 1 amide bonds. The summed E-state index contributed by atoms with van der Waals surface area (Å²) in [6, 6.07) is 23.5. The second kappa shape index (κ2) is 9.84. The molecule has 0 atom stereocenters. The van der Waals surface area contributed by atoms with Gasteiger partial charge in [-0.3, -0.25) is 10.2 Å². The number of carbonyl (C=O) groups is 1. The highest BCUT2D eigenvalue weighted by Crippen LogP contribution is 2.33. The summed E-state index contributed by atoms with van der Waals surface area (Å²) in [5.41, 5.74) is 6.93. The molecule has 4 nitrogen and oxygen atoms in total. The number of amides is 1. The van der Waals surface area contributed by atoms with E-state index in [9.17, 15) is 4.79 Å². The molecule has 1 saturated heterocycles. The fraction of sp³-hybridized carbons (Fsp3) is 0.240. The SMILES string of the molecule is CN1CCN(NC(=O)c2cccc(C(c3ccc(Cl)cc3)c3ccc(Cl)cc3)c2)CC1. The number of likely N-dealkylation sites (N-methyl/N-ethyl adjacent to an activating group) is 1. The molecule has 1 aliphatic rings. The van der Waals surface area contributed by atoms with E-state index in [2.05, 4.69) is 23.4 Å². The van der Waals surface area contributed by atoms with E-state index in [1.807, 2.05) is 71.7 Å². The molecule has 1 aliphatic heterocycles. The zero-order chi connectivity index (χ0) is 21.8. The van der Waals surface area contributed by atoms with Gasteiger partial charge in [0.05, 0.1) is 0 Å². The number of hydrazine groups is 1. The van der Waals surface area contributed by atoms with E-state index >= 15 is 0 Å². The van der Waals surface area contributed by atoms with Crippen molar-refractivity contribution in [2.24, 2.45) is 0 Å². The van der Waals surface area contributed by atoms with Crippen molar-refractivity contribution in [3.8, 4) is 0 Å². The van der Waals surface area contributed by atoms with E-state index in [1.165, 1.54) is 0 Å². The summed E-state index contributed by atoms with van der Waals surface area (Å²) in [7, 11) is 2.09. The van der Waals surface area contributed by atoms with Crippen LogP contribution in [0, 0.1) is 0 Å². The molecule has 1 N–H and O–H groups in total. The predicted molar refractivity (Wildman–Crippen MR) is 127 cm³/mol. The first-order chi connectivity index (χ1) is 15.0. The normalized spacial score (nSPS) is 15.2. The number of benzene rings is 3. The molecule has 0 spiro atoms. The summed E-state index contributed by atoms with van der Waals surface area (Å²) in [6.45, 7) is 3.52. The lowest BCUT2D eigenvalue weighted by atomic mass is 9.84. The molecule has 1 heterocycles. The molecule has 3 aromatic carbocycles. The van der Waals surface area contributed by atoms with E-state index in [0.717, 1.165) is 42.9 Å². The third-order valence-corrected chi connectivity index (χ3v) is 6.16. The first kappa shape index (κ1) is 21.8. The standard InChI is InChI=1S/C25H25Cl2N3O/c1-29-13-15-30(16-14-29)28-25(31)21-4-2-3-20(17-21)24(18-5-9-22(26)10-6-18)19-7-11-23(27)12-8-19/h2-12,17,24H,13-16H2,1H3,(H,28,31). The average molecular weight is 454 g/mol. The Morgan fingerprint density at radius 3 is 1.90 bits per heavy atom. The third-order valence-electron chi connectivity index (χ3n) is 5.65. The number of nitrogens with zero attached hydrogens (tertiary/aromatic N) is 2. The number of nitrogens with one attached hydrogen (secondary N) is 1. The van der Waals surface area contributed by atoms with Gasteiger partial charge in [-0.2, -0.15) is 0 Å². The smallest absolute Gasteiger partial charge is 0.265 e. The monoisotopic (exact) mass is 453 g/mol. The van der Waals surface area contributed by atoms with Crippen LogP contribution in [0.5, 0.6) is 0 Å². The van der Waals surface area contributed by atoms with E-state index in [4.69, 9.17) is 23.2 Å². The second-order valence-corrected chi connectivity index (χ2v) is 8.77. The Morgan fingerprint density at radius 2 is 1.35 bits per heavy atom. The quantitative estimate of drug-likeness (QED) is 0.547. The number of rotatable bonds is 5. The van der Waals surface area contributed by atoms with E-state index in [-0.39, 0.29) is 11.8 Å². The Hall–Kier alpha value is -2.37. The van der Waals surface area contributed by atoms with E-state index in [1.54, 1.807) is 0 Å². The fourth-order valence-electron chi connectivity index (χ4n) is 3.87. The van der Waals surface area contributed by atoms with Crippen LogP contribution in [0.4, 0.5) is 0 Å². The molecule has 0 radical (unpaired) electrons. The van der Waals surface area contributed by atoms with Gasteiger partial charge in [0.1, 0.15) is 0 Å². The average Bonchev–Trinajstić information content (AvgIpc) is 2.78. The number of hydrogen-bond acceptors (Lipinski definition) is 3. The first-order valence-corrected chi connectivity index (χ1v) is 11.1. The van der Waals surface area contributed by atoms with Crippen molar-refractivity contribution in [2.75, 3.05) is 33.2 Å². The van der Waals surface area contributed by atoms with Crippen LogP contribution in [0.25, 0.3) is 0 Å². The van der Waals surface area contributed by atoms with Crippen molar-refractivity contribution < 1.29 is 4.79 Å². The molecule has 160 valence electrons. The molecule has 3 aromatic rings. The molecular weight excluding hydrogens is 429 g/mol. The maximum absolute atomic E-state index is 12.9. The number of piperazine rings is 1. The Morgan fingerprint density at radius 1 is 0.806 bits per heavy atom. The summed E-state index contributed by atoms with van der Waals surface area (Å²) < 4.78 is 0. The highest BCUT2D eigenvalue weighted by atomic mass is 35.5. The van der Waals surface area contributed by atoms with Crippen LogP contribution in [-0.4, -0.2) is 49.0 Å². The molecule has 0 saturated carbocycles. The zero-order valence-electron chi connectivity index (χ0n) is 17.4. The number of carbonyl (C=O) groups excluding carboxylic acids is 1. The van der Waals surface area contributed by atoms with Gasteiger partial charge in [-0.15, -0.1) is 0 Å². The van der Waals surface area contributed by atoms with Crippen molar-refractivity contribution in [3.63, 3.8) is 0 Å². The van der Waals surface area contributed by atoms with Crippen molar-refractivity contribution >= 4 is 29.1 Å². The molecule has 0 bridgehead atoms. The number of halogens is 2. The van der Waals surface area contributed by atoms with Gasteiger partial charge in [0.25, 0.3) is 5.91 Å². The van der Waals surface area contributed by atoms with Gasteiger partial charge in [-0.05, 0) is 60.1 Å².